The van der Waals surface area contributed by atoms with Gasteiger partial charge in [-0.15, -0.1) is 0 Å². The summed E-state index contributed by atoms with van der Waals surface area (Å²) in [6.07, 6.45) is 2.54. The van der Waals surface area contributed by atoms with E-state index in [1.165, 1.54) is 17.7 Å². The molecule has 1 fully saturated rings. The third-order valence-electron chi connectivity index (χ3n) is 3.91. The molecule has 0 radical (unpaired) electrons. The van der Waals surface area contributed by atoms with Crippen LogP contribution in [0.15, 0.2) is 54.6 Å². The van der Waals surface area contributed by atoms with Crippen molar-refractivity contribution >= 4 is 0 Å². The molecule has 2 aromatic carbocycles. The number of halogens is 1. The lowest BCUT2D eigenvalue weighted by molar-refractivity contribution is 0.108. The molecule has 1 aliphatic heterocycles. The Morgan fingerprint density at radius 1 is 1.05 bits per heavy atom. The van der Waals surface area contributed by atoms with E-state index in [1.54, 1.807) is 0 Å². The number of hydrogen-bond donors (Lipinski definition) is 1. The number of rotatable bonds is 5. The van der Waals surface area contributed by atoms with Gasteiger partial charge in [-0.2, -0.15) is 0 Å². The molecule has 2 atom stereocenters. The van der Waals surface area contributed by atoms with Crippen molar-refractivity contribution < 1.29 is 9.13 Å². The molecule has 2 nitrogen and oxygen atoms in total. The summed E-state index contributed by atoms with van der Waals surface area (Å²) in [5, 5.41) is 3.57. The summed E-state index contributed by atoms with van der Waals surface area (Å²) in [6.45, 7) is 1.68. The number of hydrogen-bond acceptors (Lipinski definition) is 2. The Morgan fingerprint density at radius 3 is 2.43 bits per heavy atom. The van der Waals surface area contributed by atoms with Gasteiger partial charge in [-0.05, 0) is 36.1 Å². The van der Waals surface area contributed by atoms with Crippen LogP contribution in [-0.2, 0) is 4.74 Å². The maximum absolute atomic E-state index is 13.1. The first-order valence-corrected chi connectivity index (χ1v) is 7.48. The summed E-state index contributed by atoms with van der Waals surface area (Å²) in [5.41, 5.74) is 2.25. The quantitative estimate of drug-likeness (QED) is 0.904. The van der Waals surface area contributed by atoms with Crippen LogP contribution in [0, 0.1) is 5.82 Å². The van der Waals surface area contributed by atoms with Crippen molar-refractivity contribution in [2.75, 3.05) is 13.2 Å². The Hall–Kier alpha value is -1.71. The lowest BCUT2D eigenvalue weighted by Crippen LogP contribution is -2.30. The second kappa shape index (κ2) is 6.83. The summed E-state index contributed by atoms with van der Waals surface area (Å²) in [7, 11) is 0. The van der Waals surface area contributed by atoms with Gasteiger partial charge in [-0.3, -0.25) is 0 Å². The van der Waals surface area contributed by atoms with Crippen molar-refractivity contribution in [1.29, 1.82) is 0 Å². The molecule has 1 saturated heterocycles. The maximum Gasteiger partial charge on any atom is 0.123 e. The summed E-state index contributed by atoms with van der Waals surface area (Å²) in [5.74, 6) is -0.204. The van der Waals surface area contributed by atoms with E-state index < -0.39 is 0 Å². The smallest absolute Gasteiger partial charge is 0.123 e. The molecule has 2 unspecified atom stereocenters. The molecule has 110 valence electrons. The fraction of sp³-hybridized carbons (Fsp3) is 0.333. The Labute approximate surface area is 125 Å². The van der Waals surface area contributed by atoms with Crippen molar-refractivity contribution in [3.8, 4) is 0 Å². The van der Waals surface area contributed by atoms with Crippen LogP contribution in [0.2, 0.25) is 0 Å². The summed E-state index contributed by atoms with van der Waals surface area (Å²) in [4.78, 5) is 0. The number of ether oxygens (including phenoxy) is 1. The predicted octanol–water partition coefficient (Wildman–Crippen LogP) is 3.68. The van der Waals surface area contributed by atoms with Gasteiger partial charge in [0.2, 0.25) is 0 Å². The third-order valence-corrected chi connectivity index (χ3v) is 3.91. The van der Waals surface area contributed by atoms with Crippen LogP contribution < -0.4 is 5.32 Å². The average Bonchev–Trinajstić information content (AvgIpc) is 3.04. The predicted molar refractivity (Wildman–Crippen MR) is 81.7 cm³/mol. The zero-order valence-electron chi connectivity index (χ0n) is 12.0. The Bertz CT molecular complexity index is 549. The van der Waals surface area contributed by atoms with Crippen LogP contribution in [0.5, 0.6) is 0 Å². The Morgan fingerprint density at radius 2 is 1.76 bits per heavy atom. The first kappa shape index (κ1) is 14.2. The van der Waals surface area contributed by atoms with E-state index in [-0.39, 0.29) is 18.0 Å². The molecule has 1 aliphatic rings. The minimum Gasteiger partial charge on any atom is -0.377 e. The SMILES string of the molecule is Fc1ccc(C(NCC2CCCO2)c2ccccc2)cc1. The molecule has 3 rings (SSSR count). The van der Waals surface area contributed by atoms with Gasteiger partial charge in [0.1, 0.15) is 5.82 Å². The fourth-order valence-electron chi connectivity index (χ4n) is 2.78. The van der Waals surface area contributed by atoms with Gasteiger partial charge in [-0.25, -0.2) is 4.39 Å². The zero-order chi connectivity index (χ0) is 14.5. The van der Waals surface area contributed by atoms with Crippen molar-refractivity contribution in [3.63, 3.8) is 0 Å². The number of nitrogens with one attached hydrogen (secondary N) is 1. The first-order valence-electron chi connectivity index (χ1n) is 7.48. The molecule has 0 aromatic heterocycles. The highest BCUT2D eigenvalue weighted by Gasteiger charge is 2.19. The minimum atomic E-state index is -0.204. The molecule has 1 heterocycles. The average molecular weight is 285 g/mol. The van der Waals surface area contributed by atoms with E-state index >= 15 is 0 Å². The van der Waals surface area contributed by atoms with Crippen molar-refractivity contribution in [1.82, 2.24) is 5.32 Å². The molecule has 21 heavy (non-hydrogen) atoms. The van der Waals surface area contributed by atoms with Crippen LogP contribution in [-0.4, -0.2) is 19.3 Å². The highest BCUT2D eigenvalue weighted by molar-refractivity contribution is 5.31. The van der Waals surface area contributed by atoms with E-state index in [2.05, 4.69) is 17.4 Å². The van der Waals surface area contributed by atoms with Crippen LogP contribution in [0.4, 0.5) is 4.39 Å². The molecule has 0 amide bonds. The standard InChI is InChI=1S/C18H20FNO/c19-16-10-8-15(9-11-16)18(14-5-2-1-3-6-14)20-13-17-7-4-12-21-17/h1-3,5-6,8-11,17-18,20H,4,7,12-13H2. The van der Waals surface area contributed by atoms with Gasteiger partial charge in [0.05, 0.1) is 12.1 Å². The summed E-state index contributed by atoms with van der Waals surface area (Å²) in [6, 6.07) is 17.0. The van der Waals surface area contributed by atoms with E-state index in [1.807, 2.05) is 30.3 Å². The van der Waals surface area contributed by atoms with Crippen LogP contribution in [0.1, 0.15) is 30.0 Å². The van der Waals surface area contributed by atoms with Gasteiger partial charge < -0.3 is 10.1 Å². The monoisotopic (exact) mass is 285 g/mol. The van der Waals surface area contributed by atoms with Crippen molar-refractivity contribution in [2.45, 2.75) is 25.0 Å². The second-order valence-electron chi connectivity index (χ2n) is 5.44. The molecule has 3 heteroatoms. The molecule has 0 spiro atoms. The summed E-state index contributed by atoms with van der Waals surface area (Å²) < 4.78 is 18.8. The van der Waals surface area contributed by atoms with Crippen molar-refractivity contribution in [2.24, 2.45) is 0 Å². The second-order valence-corrected chi connectivity index (χ2v) is 5.44. The highest BCUT2D eigenvalue weighted by atomic mass is 19.1. The number of benzene rings is 2. The zero-order valence-corrected chi connectivity index (χ0v) is 12.0. The minimum absolute atomic E-state index is 0.0657. The maximum atomic E-state index is 13.1. The van der Waals surface area contributed by atoms with Crippen LogP contribution in [0.3, 0.4) is 0 Å². The Kier molecular flexibility index (Phi) is 4.63. The van der Waals surface area contributed by atoms with Gasteiger partial charge >= 0.3 is 0 Å². The Balaban J connectivity index is 1.78. The van der Waals surface area contributed by atoms with Crippen LogP contribution in [0.25, 0.3) is 0 Å². The van der Waals surface area contributed by atoms with E-state index in [0.29, 0.717) is 0 Å². The molecule has 0 aliphatic carbocycles. The van der Waals surface area contributed by atoms with Crippen LogP contribution >= 0.6 is 0 Å². The topological polar surface area (TPSA) is 21.3 Å². The molecular weight excluding hydrogens is 265 g/mol. The molecule has 2 aromatic rings. The molecular formula is C18H20FNO. The van der Waals surface area contributed by atoms with E-state index in [9.17, 15) is 4.39 Å². The lowest BCUT2D eigenvalue weighted by atomic mass is 9.98. The van der Waals surface area contributed by atoms with Gasteiger partial charge in [0.15, 0.2) is 0 Å². The van der Waals surface area contributed by atoms with Gasteiger partial charge in [-0.1, -0.05) is 42.5 Å². The van der Waals surface area contributed by atoms with Crippen molar-refractivity contribution in [3.05, 3.63) is 71.5 Å². The lowest BCUT2D eigenvalue weighted by Gasteiger charge is -2.22. The van der Waals surface area contributed by atoms with E-state index in [4.69, 9.17) is 4.74 Å². The van der Waals surface area contributed by atoms with Gasteiger partial charge in [0.25, 0.3) is 0 Å². The highest BCUT2D eigenvalue weighted by Crippen LogP contribution is 2.23. The first-order chi connectivity index (χ1) is 10.3. The normalized spacial score (nSPS) is 19.6. The molecule has 0 saturated carbocycles. The largest absolute Gasteiger partial charge is 0.377 e. The molecule has 1 N–H and O–H groups in total. The fourth-order valence-corrected chi connectivity index (χ4v) is 2.78. The third kappa shape index (κ3) is 3.69. The van der Waals surface area contributed by atoms with Gasteiger partial charge in [0, 0.05) is 13.2 Å². The van der Waals surface area contributed by atoms with E-state index in [0.717, 1.165) is 31.6 Å². The molecule has 0 bridgehead atoms. The summed E-state index contributed by atoms with van der Waals surface area (Å²) >= 11 is 0.